The Hall–Kier alpha value is -2.60. The summed E-state index contributed by atoms with van der Waals surface area (Å²) in [6, 6.07) is 11.5. The Morgan fingerprint density at radius 2 is 1.56 bits per heavy atom. The molecule has 0 fully saturated rings. The molecule has 0 aliphatic carbocycles. The average molecular weight is 392 g/mol. The summed E-state index contributed by atoms with van der Waals surface area (Å²) in [6.07, 6.45) is 0.873. The third-order valence-electron chi connectivity index (χ3n) is 4.08. The molecule has 2 aromatic rings. The van der Waals surface area contributed by atoms with Crippen molar-refractivity contribution in [2.45, 2.75) is 13.0 Å². The molecule has 0 heterocycles. The van der Waals surface area contributed by atoms with Crippen LogP contribution in [0, 0.1) is 0 Å². The topological polar surface area (TPSA) is 64.1 Å². The van der Waals surface area contributed by atoms with Crippen molar-refractivity contribution in [2.75, 3.05) is 34.9 Å². The number of hydrogen-bond acceptors (Lipinski definition) is 4. The number of aliphatic imine (C=N–C) groups is 1. The van der Waals surface area contributed by atoms with Crippen LogP contribution < -0.4 is 24.8 Å². The predicted octanol–water partition coefficient (Wildman–Crippen LogP) is 3.27. The number of hydrogen-bond donors (Lipinski definition) is 2. The zero-order chi connectivity index (χ0) is 19.6. The molecule has 0 unspecified atom stereocenters. The summed E-state index contributed by atoms with van der Waals surface area (Å²) in [6.45, 7) is 1.29. The van der Waals surface area contributed by atoms with Gasteiger partial charge in [-0.05, 0) is 30.2 Å². The van der Waals surface area contributed by atoms with E-state index in [9.17, 15) is 0 Å². The molecule has 0 amide bonds. The smallest absolute Gasteiger partial charge is 0.191 e. The number of nitrogens with zero attached hydrogens (tertiary/aromatic N) is 1. The minimum absolute atomic E-state index is 0.532. The van der Waals surface area contributed by atoms with Crippen molar-refractivity contribution in [3.8, 4) is 17.2 Å². The third-order valence-corrected chi connectivity index (χ3v) is 4.33. The molecule has 0 radical (unpaired) electrons. The number of ether oxygens (including phenoxy) is 3. The van der Waals surface area contributed by atoms with E-state index in [-0.39, 0.29) is 0 Å². The molecule has 2 aromatic carbocycles. The maximum atomic E-state index is 5.91. The predicted molar refractivity (Wildman–Crippen MR) is 109 cm³/mol. The van der Waals surface area contributed by atoms with E-state index in [0.29, 0.717) is 24.0 Å². The number of halogens is 1. The minimum Gasteiger partial charge on any atom is -0.496 e. The molecule has 0 spiro atoms. The minimum atomic E-state index is 0.532. The molecule has 0 saturated heterocycles. The highest BCUT2D eigenvalue weighted by Gasteiger charge is 2.12. The molecule has 2 N–H and O–H groups in total. The maximum absolute atomic E-state index is 5.91. The van der Waals surface area contributed by atoms with E-state index >= 15 is 0 Å². The van der Waals surface area contributed by atoms with Gasteiger partial charge in [-0.1, -0.05) is 23.7 Å². The Labute approximate surface area is 165 Å². The van der Waals surface area contributed by atoms with E-state index in [1.54, 1.807) is 28.4 Å². The molecule has 0 aromatic heterocycles. The van der Waals surface area contributed by atoms with Gasteiger partial charge < -0.3 is 24.8 Å². The fourth-order valence-electron chi connectivity index (χ4n) is 2.61. The molecule has 7 heteroatoms. The van der Waals surface area contributed by atoms with Crippen molar-refractivity contribution >= 4 is 17.6 Å². The van der Waals surface area contributed by atoms with Gasteiger partial charge in [-0.15, -0.1) is 0 Å². The van der Waals surface area contributed by atoms with Gasteiger partial charge in [-0.2, -0.15) is 0 Å². The normalized spacial score (nSPS) is 11.1. The van der Waals surface area contributed by atoms with Crippen LogP contribution in [-0.2, 0) is 13.0 Å². The molecular weight excluding hydrogens is 366 g/mol. The summed E-state index contributed by atoms with van der Waals surface area (Å²) >= 11 is 5.91. The first-order valence-corrected chi connectivity index (χ1v) is 8.97. The monoisotopic (exact) mass is 391 g/mol. The number of nitrogens with one attached hydrogen (secondary N) is 2. The lowest BCUT2D eigenvalue weighted by atomic mass is 10.1. The molecule has 27 heavy (non-hydrogen) atoms. The van der Waals surface area contributed by atoms with Gasteiger partial charge in [0, 0.05) is 36.8 Å². The summed E-state index contributed by atoms with van der Waals surface area (Å²) < 4.78 is 16.1. The van der Waals surface area contributed by atoms with Crippen LogP contribution in [0.25, 0.3) is 0 Å². The SMILES string of the molecule is CN=C(NCCc1ccc(Cl)cc1)NCc1cc(OC)c(OC)cc1OC. The van der Waals surface area contributed by atoms with Crippen LogP contribution in [0.3, 0.4) is 0 Å². The Morgan fingerprint density at radius 3 is 2.15 bits per heavy atom. The number of guanidine groups is 1. The molecular formula is C20H26ClN3O3. The molecule has 0 bridgehead atoms. The van der Waals surface area contributed by atoms with Crippen LogP contribution in [0.15, 0.2) is 41.4 Å². The summed E-state index contributed by atoms with van der Waals surface area (Å²) in [4.78, 5) is 4.26. The summed E-state index contributed by atoms with van der Waals surface area (Å²) in [5, 5.41) is 7.33. The summed E-state index contributed by atoms with van der Waals surface area (Å²) in [7, 11) is 6.58. The van der Waals surface area contributed by atoms with Crippen LogP contribution in [0.5, 0.6) is 17.2 Å². The van der Waals surface area contributed by atoms with Crippen molar-refractivity contribution in [2.24, 2.45) is 4.99 Å². The second kappa shape index (κ2) is 10.5. The van der Waals surface area contributed by atoms with Gasteiger partial charge in [0.15, 0.2) is 17.5 Å². The van der Waals surface area contributed by atoms with E-state index in [2.05, 4.69) is 15.6 Å². The van der Waals surface area contributed by atoms with Gasteiger partial charge >= 0.3 is 0 Å². The standard InChI is InChI=1S/C20H26ClN3O3/c1-22-20(23-10-9-14-5-7-16(21)8-6-14)24-13-15-11-18(26-3)19(27-4)12-17(15)25-2/h5-8,11-12H,9-10,13H2,1-4H3,(H2,22,23,24). The average Bonchev–Trinajstić information content (AvgIpc) is 2.71. The van der Waals surface area contributed by atoms with E-state index in [1.807, 2.05) is 36.4 Å². The Morgan fingerprint density at radius 1 is 0.926 bits per heavy atom. The van der Waals surface area contributed by atoms with Crippen molar-refractivity contribution < 1.29 is 14.2 Å². The first kappa shape index (κ1) is 20.7. The Bertz CT molecular complexity index is 764. The van der Waals surface area contributed by atoms with E-state index in [4.69, 9.17) is 25.8 Å². The zero-order valence-electron chi connectivity index (χ0n) is 16.1. The number of rotatable bonds is 8. The van der Waals surface area contributed by atoms with Gasteiger partial charge in [-0.3, -0.25) is 4.99 Å². The van der Waals surface area contributed by atoms with Gasteiger partial charge in [0.05, 0.1) is 21.3 Å². The largest absolute Gasteiger partial charge is 0.496 e. The lowest BCUT2D eigenvalue weighted by Crippen LogP contribution is -2.37. The van der Waals surface area contributed by atoms with E-state index in [0.717, 1.165) is 29.3 Å². The van der Waals surface area contributed by atoms with Gasteiger partial charge in [-0.25, -0.2) is 0 Å². The van der Waals surface area contributed by atoms with Crippen LogP contribution in [-0.4, -0.2) is 40.9 Å². The van der Waals surface area contributed by atoms with Crippen LogP contribution >= 0.6 is 11.6 Å². The van der Waals surface area contributed by atoms with Gasteiger partial charge in [0.25, 0.3) is 0 Å². The quantitative estimate of drug-likeness (QED) is 0.534. The molecule has 2 rings (SSSR count). The lowest BCUT2D eigenvalue weighted by Gasteiger charge is -2.16. The highest BCUT2D eigenvalue weighted by molar-refractivity contribution is 6.30. The second-order valence-corrected chi connectivity index (χ2v) is 6.18. The van der Waals surface area contributed by atoms with Gasteiger partial charge in [0.1, 0.15) is 5.75 Å². The highest BCUT2D eigenvalue weighted by atomic mass is 35.5. The van der Waals surface area contributed by atoms with Crippen molar-refractivity contribution in [3.05, 3.63) is 52.5 Å². The van der Waals surface area contributed by atoms with Crippen LogP contribution in [0.1, 0.15) is 11.1 Å². The Kier molecular flexibility index (Phi) is 8.07. The van der Waals surface area contributed by atoms with Crippen molar-refractivity contribution in [3.63, 3.8) is 0 Å². The van der Waals surface area contributed by atoms with Gasteiger partial charge in [0.2, 0.25) is 0 Å². The first-order valence-electron chi connectivity index (χ1n) is 8.59. The van der Waals surface area contributed by atoms with Crippen molar-refractivity contribution in [1.29, 1.82) is 0 Å². The fraction of sp³-hybridized carbons (Fsp3) is 0.350. The summed E-state index contributed by atoms with van der Waals surface area (Å²) in [5.74, 6) is 2.71. The van der Waals surface area contributed by atoms with Crippen molar-refractivity contribution in [1.82, 2.24) is 10.6 Å². The molecule has 0 atom stereocenters. The van der Waals surface area contributed by atoms with E-state index < -0.39 is 0 Å². The lowest BCUT2D eigenvalue weighted by molar-refractivity contribution is 0.347. The second-order valence-electron chi connectivity index (χ2n) is 5.75. The highest BCUT2D eigenvalue weighted by Crippen LogP contribution is 2.34. The number of methoxy groups -OCH3 is 3. The van der Waals surface area contributed by atoms with Crippen LogP contribution in [0.2, 0.25) is 5.02 Å². The first-order chi connectivity index (χ1) is 13.1. The molecule has 146 valence electrons. The molecule has 0 aliphatic heterocycles. The fourth-order valence-corrected chi connectivity index (χ4v) is 2.73. The third kappa shape index (κ3) is 5.96. The molecule has 0 saturated carbocycles. The maximum Gasteiger partial charge on any atom is 0.191 e. The molecule has 0 aliphatic rings. The van der Waals surface area contributed by atoms with E-state index in [1.165, 1.54) is 5.56 Å². The zero-order valence-corrected chi connectivity index (χ0v) is 16.9. The number of benzene rings is 2. The Balaban J connectivity index is 1.94. The molecule has 6 nitrogen and oxygen atoms in total. The summed E-state index contributed by atoms with van der Waals surface area (Å²) in [5.41, 5.74) is 2.15. The van der Waals surface area contributed by atoms with Crippen LogP contribution in [0.4, 0.5) is 0 Å².